The monoisotopic (exact) mass is 130 g/mol. The topological polar surface area (TPSA) is 82.2 Å². The average molecular weight is 130 g/mol. The first-order chi connectivity index (χ1) is 4.09. The van der Waals surface area contributed by atoms with Gasteiger partial charge in [0.15, 0.2) is 5.96 Å². The first-order valence-corrected chi connectivity index (χ1v) is 2.39. The number of guanidine groups is 1. The predicted octanol–water partition coefficient (Wildman–Crippen LogP) is -0.849. The van der Waals surface area contributed by atoms with Gasteiger partial charge in [0, 0.05) is 14.1 Å². The van der Waals surface area contributed by atoms with Crippen molar-refractivity contribution in [3.63, 3.8) is 0 Å². The van der Waals surface area contributed by atoms with Crippen LogP contribution in [0.15, 0.2) is 0 Å². The highest BCUT2D eigenvalue weighted by atomic mass is 16.2. The summed E-state index contributed by atoms with van der Waals surface area (Å²) in [5, 5.41) is 9.09. The SMILES string of the molecule is CNC(=O)N(C)C(=N)N. The molecule has 0 heterocycles. The number of nitrogens with one attached hydrogen (secondary N) is 2. The van der Waals surface area contributed by atoms with Gasteiger partial charge < -0.3 is 11.1 Å². The Kier molecular flexibility index (Phi) is 2.50. The maximum absolute atomic E-state index is 10.5. The van der Waals surface area contributed by atoms with Crippen molar-refractivity contribution >= 4 is 12.0 Å². The molecule has 9 heavy (non-hydrogen) atoms. The zero-order chi connectivity index (χ0) is 7.44. The first kappa shape index (κ1) is 7.74. The van der Waals surface area contributed by atoms with E-state index in [2.05, 4.69) is 5.32 Å². The van der Waals surface area contributed by atoms with Crippen LogP contribution >= 0.6 is 0 Å². The molecule has 0 aromatic carbocycles. The Bertz CT molecular complexity index is 133. The van der Waals surface area contributed by atoms with Crippen LogP contribution in [0.1, 0.15) is 0 Å². The lowest BCUT2D eigenvalue weighted by Gasteiger charge is -2.12. The molecule has 0 fully saturated rings. The molecule has 2 amide bonds. The van der Waals surface area contributed by atoms with Crippen molar-refractivity contribution in [2.45, 2.75) is 0 Å². The Morgan fingerprint density at radius 1 is 1.78 bits per heavy atom. The summed E-state index contributed by atoms with van der Waals surface area (Å²) in [4.78, 5) is 11.5. The van der Waals surface area contributed by atoms with Crippen LogP contribution in [0.5, 0.6) is 0 Å². The molecule has 5 nitrogen and oxygen atoms in total. The largest absolute Gasteiger partial charge is 0.370 e. The summed E-state index contributed by atoms with van der Waals surface area (Å²) in [6.07, 6.45) is 0. The zero-order valence-electron chi connectivity index (χ0n) is 5.43. The minimum absolute atomic E-state index is 0.269. The van der Waals surface area contributed by atoms with E-state index in [1.165, 1.54) is 14.1 Å². The molecule has 0 aromatic heterocycles. The van der Waals surface area contributed by atoms with Crippen LogP contribution in [0.4, 0.5) is 4.79 Å². The summed E-state index contributed by atoms with van der Waals surface area (Å²) < 4.78 is 0. The van der Waals surface area contributed by atoms with Gasteiger partial charge in [-0.15, -0.1) is 0 Å². The first-order valence-electron chi connectivity index (χ1n) is 2.39. The number of nitrogens with zero attached hydrogens (tertiary/aromatic N) is 1. The number of carbonyl (C=O) groups is 1. The normalized spacial score (nSPS) is 8.22. The highest BCUT2D eigenvalue weighted by molar-refractivity contribution is 5.93. The van der Waals surface area contributed by atoms with Crippen LogP contribution in [-0.2, 0) is 0 Å². The third kappa shape index (κ3) is 1.98. The van der Waals surface area contributed by atoms with Gasteiger partial charge in [0.2, 0.25) is 0 Å². The summed E-state index contributed by atoms with van der Waals surface area (Å²) >= 11 is 0. The van der Waals surface area contributed by atoms with E-state index in [0.29, 0.717) is 0 Å². The highest BCUT2D eigenvalue weighted by Gasteiger charge is 2.06. The number of urea groups is 1. The molecule has 0 saturated carbocycles. The number of nitrogens with two attached hydrogens (primary N) is 1. The summed E-state index contributed by atoms with van der Waals surface area (Å²) in [6.45, 7) is 0. The maximum atomic E-state index is 10.5. The minimum atomic E-state index is -0.387. The fourth-order valence-corrected chi connectivity index (χ4v) is 0.277. The van der Waals surface area contributed by atoms with Gasteiger partial charge in [-0.2, -0.15) is 0 Å². The second kappa shape index (κ2) is 2.91. The standard InChI is InChI=1S/C4H10N4O/c1-7-4(9)8(2)3(5)6/h1-2H3,(H3,5,6)(H,7,9). The van der Waals surface area contributed by atoms with Gasteiger partial charge in [-0.25, -0.2) is 4.79 Å². The molecule has 0 saturated heterocycles. The Morgan fingerprint density at radius 2 is 2.22 bits per heavy atom. The molecule has 0 rings (SSSR count). The van der Waals surface area contributed by atoms with Crippen molar-refractivity contribution in [3.05, 3.63) is 0 Å². The van der Waals surface area contributed by atoms with Crippen molar-refractivity contribution in [1.29, 1.82) is 5.41 Å². The zero-order valence-corrected chi connectivity index (χ0v) is 5.43. The van der Waals surface area contributed by atoms with Crippen molar-refractivity contribution in [2.75, 3.05) is 14.1 Å². The third-order valence-electron chi connectivity index (χ3n) is 0.880. The van der Waals surface area contributed by atoms with Crippen LogP contribution in [0.3, 0.4) is 0 Å². The Balaban J connectivity index is 3.88. The quantitative estimate of drug-likeness (QED) is 0.295. The van der Waals surface area contributed by atoms with Crippen LogP contribution in [0.2, 0.25) is 0 Å². The summed E-state index contributed by atoms with van der Waals surface area (Å²) in [5.74, 6) is -0.269. The Morgan fingerprint density at radius 3 is 2.33 bits per heavy atom. The van der Waals surface area contributed by atoms with Crippen molar-refractivity contribution in [1.82, 2.24) is 10.2 Å². The van der Waals surface area contributed by atoms with E-state index < -0.39 is 0 Å². The van der Waals surface area contributed by atoms with Gasteiger partial charge in [-0.05, 0) is 0 Å². The van der Waals surface area contributed by atoms with Crippen molar-refractivity contribution in [2.24, 2.45) is 5.73 Å². The van der Waals surface area contributed by atoms with Crippen molar-refractivity contribution < 1.29 is 4.79 Å². The molecule has 0 bridgehead atoms. The molecule has 0 aliphatic rings. The molecule has 52 valence electrons. The van der Waals surface area contributed by atoms with E-state index in [0.717, 1.165) is 4.90 Å². The summed E-state index contributed by atoms with van der Waals surface area (Å²) in [7, 11) is 2.89. The van der Waals surface area contributed by atoms with E-state index in [9.17, 15) is 4.79 Å². The number of carbonyl (C=O) groups excluding carboxylic acids is 1. The number of hydrogen-bond donors (Lipinski definition) is 3. The molecule has 0 atom stereocenters. The third-order valence-corrected chi connectivity index (χ3v) is 0.880. The van der Waals surface area contributed by atoms with Gasteiger partial charge in [0.25, 0.3) is 0 Å². The lowest BCUT2D eigenvalue weighted by Crippen LogP contribution is -2.42. The van der Waals surface area contributed by atoms with Gasteiger partial charge in [-0.3, -0.25) is 10.3 Å². The van der Waals surface area contributed by atoms with Gasteiger partial charge >= 0.3 is 6.03 Å². The Hall–Kier alpha value is -1.26. The molecule has 5 heteroatoms. The molecule has 4 N–H and O–H groups in total. The molecule has 0 aliphatic heterocycles. The fourth-order valence-electron chi connectivity index (χ4n) is 0.277. The van der Waals surface area contributed by atoms with E-state index in [1.54, 1.807) is 0 Å². The van der Waals surface area contributed by atoms with E-state index in [-0.39, 0.29) is 12.0 Å². The summed E-state index contributed by atoms with van der Waals surface area (Å²) in [5.41, 5.74) is 4.96. The molecule has 0 aliphatic carbocycles. The number of rotatable bonds is 0. The van der Waals surface area contributed by atoms with Crippen LogP contribution in [0, 0.1) is 5.41 Å². The van der Waals surface area contributed by atoms with Crippen molar-refractivity contribution in [3.8, 4) is 0 Å². The molecule has 0 radical (unpaired) electrons. The molecule has 0 spiro atoms. The second-order valence-corrected chi connectivity index (χ2v) is 1.50. The van der Waals surface area contributed by atoms with Crippen LogP contribution < -0.4 is 11.1 Å². The van der Waals surface area contributed by atoms with Gasteiger partial charge in [0.1, 0.15) is 0 Å². The Labute approximate surface area is 53.3 Å². The number of amides is 2. The summed E-state index contributed by atoms with van der Waals surface area (Å²) in [6, 6.07) is -0.387. The lowest BCUT2D eigenvalue weighted by molar-refractivity contribution is 0.228. The number of hydrogen-bond acceptors (Lipinski definition) is 2. The minimum Gasteiger partial charge on any atom is -0.370 e. The predicted molar refractivity (Wildman–Crippen MR) is 34.1 cm³/mol. The van der Waals surface area contributed by atoms with E-state index in [1.807, 2.05) is 0 Å². The molecule has 0 aromatic rings. The van der Waals surface area contributed by atoms with E-state index >= 15 is 0 Å². The maximum Gasteiger partial charge on any atom is 0.323 e. The molecule has 0 unspecified atom stereocenters. The van der Waals surface area contributed by atoms with Gasteiger partial charge in [-0.1, -0.05) is 0 Å². The lowest BCUT2D eigenvalue weighted by atomic mass is 10.7. The van der Waals surface area contributed by atoms with E-state index in [4.69, 9.17) is 11.1 Å². The van der Waals surface area contributed by atoms with Crippen LogP contribution in [-0.4, -0.2) is 31.0 Å². The smallest absolute Gasteiger partial charge is 0.323 e. The average Bonchev–Trinajstić information content (AvgIpc) is 1.84. The second-order valence-electron chi connectivity index (χ2n) is 1.50. The fraction of sp³-hybridized carbons (Fsp3) is 0.500. The molecular weight excluding hydrogens is 120 g/mol. The van der Waals surface area contributed by atoms with Gasteiger partial charge in [0.05, 0.1) is 0 Å². The molecular formula is C4H10N4O. The highest BCUT2D eigenvalue weighted by Crippen LogP contribution is 1.78. The van der Waals surface area contributed by atoms with Crippen LogP contribution in [0.25, 0.3) is 0 Å².